The van der Waals surface area contributed by atoms with Gasteiger partial charge in [-0.05, 0) is 43.7 Å². The normalized spacial score (nSPS) is 17.7. The first-order chi connectivity index (χ1) is 14.3. The number of carbonyl (C=O) groups is 3. The molecule has 2 aromatic carbocycles. The molecule has 3 rings (SSSR count). The van der Waals surface area contributed by atoms with Crippen LogP contribution in [0.4, 0.5) is 10.1 Å². The highest BCUT2D eigenvalue weighted by atomic mass is 32.2. The number of amides is 2. The maximum atomic E-state index is 13.0. The molecule has 2 aromatic rings. The monoisotopic (exact) mass is 426 g/mol. The molecule has 1 heterocycles. The number of ketones is 1. The third kappa shape index (κ3) is 5.60. The van der Waals surface area contributed by atoms with Crippen LogP contribution in [0.15, 0.2) is 58.7 Å². The summed E-state index contributed by atoms with van der Waals surface area (Å²) in [4.78, 5) is 35.9. The van der Waals surface area contributed by atoms with Crippen LogP contribution in [-0.4, -0.2) is 33.7 Å². The Hall–Kier alpha value is -3.33. The van der Waals surface area contributed by atoms with Crippen molar-refractivity contribution in [3.05, 3.63) is 65.5 Å². The zero-order chi connectivity index (χ0) is 21.7. The number of benzene rings is 2. The molecule has 0 spiro atoms. The van der Waals surface area contributed by atoms with Gasteiger partial charge in [0, 0.05) is 17.7 Å². The predicted octanol–water partition coefficient (Wildman–Crippen LogP) is 3.37. The van der Waals surface area contributed by atoms with Crippen LogP contribution < -0.4 is 10.6 Å². The molecule has 0 aromatic heterocycles. The van der Waals surface area contributed by atoms with Crippen LogP contribution in [0.25, 0.3) is 0 Å². The van der Waals surface area contributed by atoms with E-state index >= 15 is 0 Å². The first kappa shape index (κ1) is 21.4. The van der Waals surface area contributed by atoms with Gasteiger partial charge in [0.2, 0.25) is 11.8 Å². The van der Waals surface area contributed by atoms with Crippen molar-refractivity contribution < 1.29 is 18.8 Å². The zero-order valence-electron chi connectivity index (χ0n) is 16.3. The van der Waals surface area contributed by atoms with Crippen molar-refractivity contribution in [2.45, 2.75) is 25.5 Å². The van der Waals surface area contributed by atoms with Gasteiger partial charge in [-0.25, -0.2) is 4.39 Å². The first-order valence-corrected chi connectivity index (χ1v) is 9.96. The lowest BCUT2D eigenvalue weighted by Gasteiger charge is -2.08. The minimum atomic E-state index is -0.638. The molecule has 9 heteroatoms. The zero-order valence-corrected chi connectivity index (χ0v) is 17.1. The van der Waals surface area contributed by atoms with E-state index in [0.717, 1.165) is 11.8 Å². The highest BCUT2D eigenvalue weighted by Crippen LogP contribution is 2.23. The van der Waals surface area contributed by atoms with Crippen LogP contribution in [0, 0.1) is 5.82 Å². The highest BCUT2D eigenvalue weighted by molar-refractivity contribution is 8.15. The van der Waals surface area contributed by atoms with Gasteiger partial charge >= 0.3 is 0 Å². The number of hydrogen-bond donors (Lipinski definition) is 2. The predicted molar refractivity (Wildman–Crippen MR) is 115 cm³/mol. The van der Waals surface area contributed by atoms with Gasteiger partial charge in [0.25, 0.3) is 0 Å². The van der Waals surface area contributed by atoms with E-state index in [4.69, 9.17) is 0 Å². The Balaban J connectivity index is 1.60. The van der Waals surface area contributed by atoms with Gasteiger partial charge in [-0.2, -0.15) is 5.10 Å². The second kappa shape index (κ2) is 9.45. The van der Waals surface area contributed by atoms with Crippen molar-refractivity contribution >= 4 is 45.9 Å². The molecule has 2 amide bonds. The Bertz CT molecular complexity index is 1050. The lowest BCUT2D eigenvalue weighted by Crippen LogP contribution is -2.28. The number of thioether (sulfide) groups is 1. The summed E-state index contributed by atoms with van der Waals surface area (Å²) in [6, 6.07) is 12.4. The summed E-state index contributed by atoms with van der Waals surface area (Å²) in [5.41, 5.74) is 2.25. The van der Waals surface area contributed by atoms with Gasteiger partial charge in [-0.1, -0.05) is 36.0 Å². The molecular formula is C21H19FN4O3S. The molecule has 1 saturated heterocycles. The molecule has 0 aliphatic carbocycles. The van der Waals surface area contributed by atoms with E-state index in [1.165, 1.54) is 19.1 Å². The fraction of sp³-hybridized carbons (Fsp3) is 0.190. The fourth-order valence-corrected chi connectivity index (χ4v) is 3.57. The van der Waals surface area contributed by atoms with E-state index in [2.05, 4.69) is 20.8 Å². The summed E-state index contributed by atoms with van der Waals surface area (Å²) < 4.78 is 13.0. The van der Waals surface area contributed by atoms with Crippen molar-refractivity contribution in [1.82, 2.24) is 5.32 Å². The molecule has 0 saturated carbocycles. The van der Waals surface area contributed by atoms with E-state index in [0.29, 0.717) is 22.5 Å². The third-order valence-electron chi connectivity index (χ3n) is 4.25. The number of nitrogens with zero attached hydrogens (tertiary/aromatic N) is 2. The van der Waals surface area contributed by atoms with Gasteiger partial charge < -0.3 is 10.6 Å². The van der Waals surface area contributed by atoms with Crippen molar-refractivity contribution in [3.8, 4) is 0 Å². The van der Waals surface area contributed by atoms with Gasteiger partial charge in [0.1, 0.15) is 11.1 Å². The Morgan fingerprint density at radius 1 is 1.13 bits per heavy atom. The van der Waals surface area contributed by atoms with Crippen LogP contribution in [0.2, 0.25) is 0 Å². The average Bonchev–Trinajstić information content (AvgIpc) is 3.06. The second-order valence-electron chi connectivity index (χ2n) is 6.58. The number of halogens is 1. The first-order valence-electron chi connectivity index (χ1n) is 9.08. The SMILES string of the molecule is CC(=O)c1cccc(NC(=O)CC2S/C(=N\N=C(C)c3ccc(F)cc3)NC2=O)c1. The van der Waals surface area contributed by atoms with Crippen molar-refractivity contribution in [2.75, 3.05) is 5.32 Å². The van der Waals surface area contributed by atoms with E-state index in [-0.39, 0.29) is 35.0 Å². The lowest BCUT2D eigenvalue weighted by molar-refractivity contribution is -0.122. The molecule has 1 unspecified atom stereocenters. The summed E-state index contributed by atoms with van der Waals surface area (Å²) in [5.74, 6) is -1.13. The van der Waals surface area contributed by atoms with Gasteiger partial charge in [0.15, 0.2) is 11.0 Å². The molecule has 154 valence electrons. The summed E-state index contributed by atoms with van der Waals surface area (Å²) in [5, 5.41) is 13.0. The number of hydrogen-bond acceptors (Lipinski definition) is 6. The van der Waals surface area contributed by atoms with E-state index in [1.807, 2.05) is 0 Å². The number of carbonyl (C=O) groups excluding carboxylic acids is 3. The van der Waals surface area contributed by atoms with Crippen molar-refractivity contribution in [2.24, 2.45) is 10.2 Å². The second-order valence-corrected chi connectivity index (χ2v) is 7.77. The van der Waals surface area contributed by atoms with E-state index < -0.39 is 5.25 Å². The van der Waals surface area contributed by atoms with Crippen LogP contribution >= 0.6 is 11.8 Å². The molecule has 1 atom stereocenters. The highest BCUT2D eigenvalue weighted by Gasteiger charge is 2.32. The molecule has 7 nitrogen and oxygen atoms in total. The number of Topliss-reactive ketones (excluding diaryl/α,β-unsaturated/α-hetero) is 1. The van der Waals surface area contributed by atoms with Gasteiger partial charge in [-0.3, -0.25) is 14.4 Å². The smallest absolute Gasteiger partial charge is 0.240 e. The van der Waals surface area contributed by atoms with E-state index in [9.17, 15) is 18.8 Å². The quantitative estimate of drug-likeness (QED) is 0.420. The minimum absolute atomic E-state index is 0.0551. The average molecular weight is 426 g/mol. The number of anilines is 1. The van der Waals surface area contributed by atoms with Crippen LogP contribution in [0.3, 0.4) is 0 Å². The maximum absolute atomic E-state index is 13.0. The fourth-order valence-electron chi connectivity index (χ4n) is 2.65. The largest absolute Gasteiger partial charge is 0.326 e. The van der Waals surface area contributed by atoms with Crippen LogP contribution in [-0.2, 0) is 9.59 Å². The summed E-state index contributed by atoms with van der Waals surface area (Å²) >= 11 is 1.11. The molecule has 30 heavy (non-hydrogen) atoms. The Labute approximate surface area is 176 Å². The Kier molecular flexibility index (Phi) is 6.73. The number of rotatable bonds is 6. The summed E-state index contributed by atoms with van der Waals surface area (Å²) in [6.07, 6.45) is -0.0551. The molecular weight excluding hydrogens is 407 g/mol. The molecule has 0 radical (unpaired) electrons. The molecule has 1 aliphatic heterocycles. The molecule has 0 bridgehead atoms. The minimum Gasteiger partial charge on any atom is -0.326 e. The third-order valence-corrected chi connectivity index (χ3v) is 5.33. The standard InChI is InChI=1S/C21H19FN4O3S/c1-12(14-6-8-16(22)9-7-14)25-26-21-24-20(29)18(30-21)11-19(28)23-17-5-3-4-15(10-17)13(2)27/h3-10,18H,11H2,1-2H3,(H,23,28)(H,24,26,29). The molecule has 1 fully saturated rings. The number of amidine groups is 1. The lowest BCUT2D eigenvalue weighted by atomic mass is 10.1. The van der Waals surface area contributed by atoms with Gasteiger partial charge in [-0.15, -0.1) is 5.10 Å². The van der Waals surface area contributed by atoms with Crippen LogP contribution in [0.5, 0.6) is 0 Å². The van der Waals surface area contributed by atoms with Crippen LogP contribution in [0.1, 0.15) is 36.2 Å². The van der Waals surface area contributed by atoms with Crippen molar-refractivity contribution in [3.63, 3.8) is 0 Å². The van der Waals surface area contributed by atoms with Gasteiger partial charge in [0.05, 0.1) is 5.71 Å². The number of nitrogens with one attached hydrogen (secondary N) is 2. The van der Waals surface area contributed by atoms with E-state index in [1.54, 1.807) is 43.3 Å². The summed E-state index contributed by atoms with van der Waals surface area (Å²) in [6.45, 7) is 3.17. The Morgan fingerprint density at radius 2 is 1.87 bits per heavy atom. The molecule has 1 aliphatic rings. The Morgan fingerprint density at radius 3 is 2.57 bits per heavy atom. The topological polar surface area (TPSA) is 100.0 Å². The summed E-state index contributed by atoms with van der Waals surface area (Å²) in [7, 11) is 0. The molecule has 2 N–H and O–H groups in total. The maximum Gasteiger partial charge on any atom is 0.240 e. The van der Waals surface area contributed by atoms with Crippen molar-refractivity contribution in [1.29, 1.82) is 0 Å².